The zero-order valence-electron chi connectivity index (χ0n) is 9.45. The molecule has 0 amide bonds. The first kappa shape index (κ1) is 13.4. The van der Waals surface area contributed by atoms with Gasteiger partial charge in [0.05, 0.1) is 17.2 Å². The maximum absolute atomic E-state index is 13.2. The zero-order valence-corrected chi connectivity index (χ0v) is 12.6. The molecule has 0 atom stereocenters. The largest absolute Gasteiger partial charge is 0.282 e. The lowest BCUT2D eigenvalue weighted by Crippen LogP contribution is -2.24. The van der Waals surface area contributed by atoms with Crippen LogP contribution in [0.15, 0.2) is 38.1 Å². The van der Waals surface area contributed by atoms with Crippen molar-refractivity contribution in [1.82, 2.24) is 9.78 Å². The van der Waals surface area contributed by atoms with E-state index in [1.54, 1.807) is 6.07 Å². The van der Waals surface area contributed by atoms with Gasteiger partial charge in [0, 0.05) is 0 Å². The van der Waals surface area contributed by atoms with Gasteiger partial charge in [0.2, 0.25) is 0 Å². The van der Waals surface area contributed by atoms with Crippen LogP contribution < -0.4 is 5.56 Å². The van der Waals surface area contributed by atoms with E-state index in [2.05, 4.69) is 37.0 Å². The molecule has 0 saturated carbocycles. The first-order valence-electron chi connectivity index (χ1n) is 5.15. The first-order chi connectivity index (χ1) is 8.49. The molecule has 1 aromatic carbocycles. The molecular formula is C12H9Br2FN2O. The summed E-state index contributed by atoms with van der Waals surface area (Å²) in [4.78, 5) is 11.9. The van der Waals surface area contributed by atoms with Crippen LogP contribution in [0.25, 0.3) is 0 Å². The number of halogens is 3. The van der Waals surface area contributed by atoms with E-state index in [4.69, 9.17) is 0 Å². The highest BCUT2D eigenvalue weighted by molar-refractivity contribution is 9.13. The first-order valence-corrected chi connectivity index (χ1v) is 6.74. The number of hydrogen-bond donors (Lipinski definition) is 0. The highest BCUT2D eigenvalue weighted by atomic mass is 79.9. The van der Waals surface area contributed by atoms with Gasteiger partial charge in [-0.3, -0.25) is 4.79 Å². The normalized spacial score (nSPS) is 10.7. The monoisotopic (exact) mass is 374 g/mol. The molecule has 0 spiro atoms. The highest BCUT2D eigenvalue weighted by Gasteiger charge is 2.08. The third-order valence-corrected chi connectivity index (χ3v) is 4.47. The molecule has 1 aromatic heterocycles. The Labute approximate surface area is 120 Å². The number of nitrogens with zero attached hydrogens (tertiary/aromatic N) is 2. The SMILES string of the molecule is Cc1ccc(F)cc1Cn1ncc(Br)c(Br)c1=O. The minimum Gasteiger partial charge on any atom is -0.266 e. The summed E-state index contributed by atoms with van der Waals surface area (Å²) in [6.07, 6.45) is 1.53. The standard InChI is InChI=1S/C12H9Br2FN2O/c1-7-2-3-9(15)4-8(7)6-17-12(18)11(14)10(13)5-16-17/h2-5H,6H2,1H3. The van der Waals surface area contributed by atoms with Crippen LogP contribution in [0.2, 0.25) is 0 Å². The third-order valence-electron chi connectivity index (χ3n) is 2.57. The predicted octanol–water partition coefficient (Wildman–Crippen LogP) is 3.26. The van der Waals surface area contributed by atoms with E-state index < -0.39 is 0 Å². The Morgan fingerprint density at radius 3 is 2.83 bits per heavy atom. The van der Waals surface area contributed by atoms with Gasteiger partial charge in [-0.05, 0) is 62.0 Å². The molecule has 0 saturated heterocycles. The average Bonchev–Trinajstić information content (AvgIpc) is 2.34. The molecular weight excluding hydrogens is 367 g/mol. The molecule has 6 heteroatoms. The van der Waals surface area contributed by atoms with E-state index in [0.717, 1.165) is 11.1 Å². The summed E-state index contributed by atoms with van der Waals surface area (Å²) in [5.41, 5.74) is 1.40. The van der Waals surface area contributed by atoms with E-state index in [-0.39, 0.29) is 17.9 Å². The van der Waals surface area contributed by atoms with Crippen LogP contribution in [0.5, 0.6) is 0 Å². The van der Waals surface area contributed by atoms with E-state index >= 15 is 0 Å². The summed E-state index contributed by atoms with van der Waals surface area (Å²) in [5.74, 6) is -0.320. The van der Waals surface area contributed by atoms with Gasteiger partial charge in [0.15, 0.2) is 0 Å². The highest BCUT2D eigenvalue weighted by Crippen LogP contribution is 2.17. The van der Waals surface area contributed by atoms with Crippen molar-refractivity contribution in [3.8, 4) is 0 Å². The van der Waals surface area contributed by atoms with Crippen LogP contribution in [0.4, 0.5) is 4.39 Å². The lowest BCUT2D eigenvalue weighted by Gasteiger charge is -2.08. The number of rotatable bonds is 2. The molecule has 0 aliphatic heterocycles. The van der Waals surface area contributed by atoms with Crippen molar-refractivity contribution in [1.29, 1.82) is 0 Å². The molecule has 94 valence electrons. The Bertz CT molecular complexity index is 655. The van der Waals surface area contributed by atoms with Crippen LogP contribution >= 0.6 is 31.9 Å². The van der Waals surface area contributed by atoms with Gasteiger partial charge in [0.1, 0.15) is 10.3 Å². The minimum atomic E-state index is -0.320. The van der Waals surface area contributed by atoms with Gasteiger partial charge in [-0.25, -0.2) is 9.07 Å². The van der Waals surface area contributed by atoms with Crippen molar-refractivity contribution in [2.45, 2.75) is 13.5 Å². The summed E-state index contributed by atoms with van der Waals surface area (Å²) < 4.78 is 15.5. The molecule has 0 fully saturated rings. The van der Waals surface area contributed by atoms with Crippen molar-refractivity contribution >= 4 is 31.9 Å². The number of aromatic nitrogens is 2. The van der Waals surface area contributed by atoms with Gasteiger partial charge in [-0.2, -0.15) is 5.10 Å². The molecule has 3 nitrogen and oxygen atoms in total. The molecule has 0 aliphatic rings. The number of aryl methyl sites for hydroxylation is 1. The predicted molar refractivity (Wildman–Crippen MR) is 74.1 cm³/mol. The van der Waals surface area contributed by atoms with Crippen molar-refractivity contribution in [2.75, 3.05) is 0 Å². The second-order valence-electron chi connectivity index (χ2n) is 3.84. The molecule has 18 heavy (non-hydrogen) atoms. The van der Waals surface area contributed by atoms with Crippen LogP contribution in [0.1, 0.15) is 11.1 Å². The van der Waals surface area contributed by atoms with Gasteiger partial charge in [0.25, 0.3) is 5.56 Å². The van der Waals surface area contributed by atoms with Crippen LogP contribution in [-0.4, -0.2) is 9.78 Å². The fourth-order valence-corrected chi connectivity index (χ4v) is 2.10. The van der Waals surface area contributed by atoms with Crippen LogP contribution in [-0.2, 0) is 6.54 Å². The van der Waals surface area contributed by atoms with Gasteiger partial charge in [-0.1, -0.05) is 6.07 Å². The molecule has 0 unspecified atom stereocenters. The van der Waals surface area contributed by atoms with E-state index in [1.165, 1.54) is 23.0 Å². The van der Waals surface area contributed by atoms with E-state index in [1.807, 2.05) is 6.92 Å². The summed E-state index contributed by atoms with van der Waals surface area (Å²) in [6, 6.07) is 4.50. The quantitative estimate of drug-likeness (QED) is 0.807. The Morgan fingerprint density at radius 2 is 2.11 bits per heavy atom. The molecule has 0 bridgehead atoms. The number of benzene rings is 1. The fourth-order valence-electron chi connectivity index (χ4n) is 1.53. The zero-order chi connectivity index (χ0) is 13.3. The third kappa shape index (κ3) is 2.70. The Morgan fingerprint density at radius 1 is 1.39 bits per heavy atom. The van der Waals surface area contributed by atoms with E-state index in [9.17, 15) is 9.18 Å². The molecule has 0 N–H and O–H groups in total. The second kappa shape index (κ2) is 5.32. The van der Waals surface area contributed by atoms with E-state index in [0.29, 0.717) is 8.95 Å². The molecule has 1 heterocycles. The van der Waals surface area contributed by atoms with Crippen LogP contribution in [0, 0.1) is 12.7 Å². The molecule has 0 aliphatic carbocycles. The second-order valence-corrected chi connectivity index (χ2v) is 5.49. The maximum atomic E-state index is 13.2. The smallest absolute Gasteiger partial charge is 0.266 e. The lowest BCUT2D eigenvalue weighted by atomic mass is 10.1. The summed E-state index contributed by atoms with van der Waals surface area (Å²) in [5, 5.41) is 4.01. The summed E-state index contributed by atoms with van der Waals surface area (Å²) in [6.45, 7) is 2.11. The number of hydrogen-bond acceptors (Lipinski definition) is 2. The van der Waals surface area contributed by atoms with Crippen molar-refractivity contribution in [3.05, 3.63) is 60.6 Å². The average molecular weight is 376 g/mol. The maximum Gasteiger partial charge on any atom is 0.282 e. The summed E-state index contributed by atoms with van der Waals surface area (Å²) >= 11 is 6.39. The van der Waals surface area contributed by atoms with Crippen molar-refractivity contribution < 1.29 is 4.39 Å². The molecule has 2 aromatic rings. The van der Waals surface area contributed by atoms with Crippen molar-refractivity contribution in [3.63, 3.8) is 0 Å². The lowest BCUT2D eigenvalue weighted by molar-refractivity contribution is 0.606. The molecule has 2 rings (SSSR count). The summed E-state index contributed by atoms with van der Waals surface area (Å²) in [7, 11) is 0. The van der Waals surface area contributed by atoms with Crippen molar-refractivity contribution in [2.24, 2.45) is 0 Å². The van der Waals surface area contributed by atoms with Gasteiger partial charge < -0.3 is 0 Å². The Balaban J connectivity index is 2.44. The van der Waals surface area contributed by atoms with Gasteiger partial charge in [-0.15, -0.1) is 0 Å². The Kier molecular flexibility index (Phi) is 3.97. The minimum absolute atomic E-state index is 0.244. The Hall–Kier alpha value is -1.01. The fraction of sp³-hybridized carbons (Fsp3) is 0.167. The van der Waals surface area contributed by atoms with Crippen LogP contribution in [0.3, 0.4) is 0 Å². The van der Waals surface area contributed by atoms with Gasteiger partial charge >= 0.3 is 0 Å². The topological polar surface area (TPSA) is 34.9 Å². The molecule has 0 radical (unpaired) electrons.